The zero-order valence-electron chi connectivity index (χ0n) is 14.7. The van der Waals surface area contributed by atoms with Crippen LogP contribution in [0.2, 0.25) is 0 Å². The summed E-state index contributed by atoms with van der Waals surface area (Å²) in [6, 6.07) is 7.81. The Balaban J connectivity index is 1.81. The number of hydrogen-bond acceptors (Lipinski definition) is 4. The van der Waals surface area contributed by atoms with Crippen LogP contribution in [0.25, 0.3) is 0 Å². The fourth-order valence-corrected chi connectivity index (χ4v) is 2.96. The Kier molecular flexibility index (Phi) is 4.57. The number of nitrogens with zero attached hydrogens (tertiary/aromatic N) is 4. The van der Waals surface area contributed by atoms with Crippen molar-refractivity contribution >= 4 is 11.6 Å². The van der Waals surface area contributed by atoms with Gasteiger partial charge in [-0.3, -0.25) is 9.78 Å². The van der Waals surface area contributed by atoms with Gasteiger partial charge in [-0.15, -0.1) is 0 Å². The molecule has 128 valence electrons. The first-order chi connectivity index (χ1) is 11.5. The number of anilines is 1. The molecule has 3 heterocycles. The van der Waals surface area contributed by atoms with Gasteiger partial charge in [0, 0.05) is 45.3 Å². The van der Waals surface area contributed by atoms with E-state index in [1.807, 2.05) is 72.9 Å². The highest BCUT2D eigenvalue weighted by Gasteiger charge is 2.28. The minimum atomic E-state index is -0.193. The maximum atomic E-state index is 12.7. The molecule has 0 bridgehead atoms. The van der Waals surface area contributed by atoms with Crippen LogP contribution in [0.1, 0.15) is 28.0 Å². The molecule has 6 heteroatoms. The van der Waals surface area contributed by atoms with Gasteiger partial charge in [-0.25, -0.2) is 0 Å². The van der Waals surface area contributed by atoms with Crippen molar-refractivity contribution in [3.05, 3.63) is 47.5 Å². The molecular weight excluding hydrogens is 304 g/mol. The molecule has 1 unspecified atom stereocenters. The summed E-state index contributed by atoms with van der Waals surface area (Å²) < 4.78 is 7.75. The third kappa shape index (κ3) is 3.28. The third-order valence-corrected chi connectivity index (χ3v) is 4.32. The summed E-state index contributed by atoms with van der Waals surface area (Å²) in [6.45, 7) is 3.63. The second-order valence-electron chi connectivity index (χ2n) is 6.40. The Hall–Kier alpha value is -2.34. The molecule has 2 aromatic heterocycles. The lowest BCUT2D eigenvalue weighted by molar-refractivity contribution is -0.0250. The Morgan fingerprint density at radius 3 is 2.83 bits per heavy atom. The largest absolute Gasteiger partial charge is 0.378 e. The van der Waals surface area contributed by atoms with Crippen LogP contribution in [0.5, 0.6) is 0 Å². The van der Waals surface area contributed by atoms with Gasteiger partial charge in [-0.05, 0) is 31.2 Å². The molecule has 0 aliphatic carbocycles. The van der Waals surface area contributed by atoms with Crippen molar-refractivity contribution in [2.24, 2.45) is 7.05 Å². The van der Waals surface area contributed by atoms with E-state index in [0.717, 1.165) is 17.1 Å². The number of aromatic nitrogens is 2. The van der Waals surface area contributed by atoms with E-state index in [4.69, 9.17) is 4.74 Å². The highest BCUT2D eigenvalue weighted by atomic mass is 16.5. The predicted molar refractivity (Wildman–Crippen MR) is 93.3 cm³/mol. The molecule has 1 aliphatic rings. The van der Waals surface area contributed by atoms with E-state index in [1.165, 1.54) is 0 Å². The van der Waals surface area contributed by atoms with Crippen molar-refractivity contribution < 1.29 is 9.53 Å². The molecule has 1 aliphatic heterocycles. The first-order valence-electron chi connectivity index (χ1n) is 8.14. The average Bonchev–Trinajstić information content (AvgIpc) is 2.99. The minimum Gasteiger partial charge on any atom is -0.378 e. The molecule has 0 spiro atoms. The van der Waals surface area contributed by atoms with Crippen LogP contribution in [0.3, 0.4) is 0 Å². The maximum Gasteiger partial charge on any atom is 0.270 e. The topological polar surface area (TPSA) is 50.6 Å². The van der Waals surface area contributed by atoms with Crippen molar-refractivity contribution in [1.82, 2.24) is 14.5 Å². The lowest BCUT2D eigenvalue weighted by atomic mass is 10.1. The Morgan fingerprint density at radius 1 is 1.38 bits per heavy atom. The smallest absolute Gasteiger partial charge is 0.270 e. The van der Waals surface area contributed by atoms with E-state index < -0.39 is 0 Å². The molecule has 1 saturated heterocycles. The molecule has 1 amide bonds. The van der Waals surface area contributed by atoms with Crippen molar-refractivity contribution in [3.63, 3.8) is 0 Å². The predicted octanol–water partition coefficient (Wildman–Crippen LogP) is 2.01. The summed E-state index contributed by atoms with van der Waals surface area (Å²) >= 11 is 0. The van der Waals surface area contributed by atoms with Crippen LogP contribution in [-0.4, -0.2) is 54.1 Å². The Morgan fingerprint density at radius 2 is 2.17 bits per heavy atom. The molecular formula is C18H24N4O2. The van der Waals surface area contributed by atoms with Crippen LogP contribution >= 0.6 is 0 Å². The van der Waals surface area contributed by atoms with Gasteiger partial charge in [-0.1, -0.05) is 0 Å². The lowest BCUT2D eigenvalue weighted by Gasteiger charge is -2.33. The van der Waals surface area contributed by atoms with E-state index >= 15 is 0 Å². The minimum absolute atomic E-state index is 0.0382. The number of hydrogen-bond donors (Lipinski definition) is 0. The highest BCUT2D eigenvalue weighted by molar-refractivity contribution is 5.92. The summed E-state index contributed by atoms with van der Waals surface area (Å²) in [4.78, 5) is 21.2. The molecule has 1 atom stereocenters. The number of rotatable bonds is 3. The zero-order chi connectivity index (χ0) is 17.3. The van der Waals surface area contributed by atoms with E-state index in [1.54, 1.807) is 0 Å². The average molecular weight is 328 g/mol. The molecule has 2 aromatic rings. The summed E-state index contributed by atoms with van der Waals surface area (Å²) in [5.74, 6) is 0.0382. The van der Waals surface area contributed by atoms with Crippen molar-refractivity contribution in [2.75, 3.05) is 38.7 Å². The molecule has 0 aromatic carbocycles. The monoisotopic (exact) mass is 328 g/mol. The van der Waals surface area contributed by atoms with E-state index in [2.05, 4.69) is 4.98 Å². The van der Waals surface area contributed by atoms with Gasteiger partial charge in [0.15, 0.2) is 0 Å². The van der Waals surface area contributed by atoms with Gasteiger partial charge in [0.2, 0.25) is 0 Å². The summed E-state index contributed by atoms with van der Waals surface area (Å²) in [5, 5.41) is 0. The fraction of sp³-hybridized carbons (Fsp3) is 0.444. The van der Waals surface area contributed by atoms with Crippen LogP contribution in [0.4, 0.5) is 5.69 Å². The number of aryl methyl sites for hydroxylation is 2. The van der Waals surface area contributed by atoms with Gasteiger partial charge < -0.3 is 19.1 Å². The van der Waals surface area contributed by atoms with E-state index in [-0.39, 0.29) is 12.0 Å². The summed E-state index contributed by atoms with van der Waals surface area (Å²) in [7, 11) is 5.90. The first kappa shape index (κ1) is 16.5. The number of carbonyl (C=O) groups excluding carboxylic acids is 1. The Bertz CT molecular complexity index is 738. The molecule has 3 rings (SSSR count). The lowest BCUT2D eigenvalue weighted by Crippen LogP contribution is -2.43. The van der Waals surface area contributed by atoms with Crippen LogP contribution in [-0.2, 0) is 11.8 Å². The molecule has 24 heavy (non-hydrogen) atoms. The van der Waals surface area contributed by atoms with Gasteiger partial charge in [0.25, 0.3) is 5.91 Å². The zero-order valence-corrected chi connectivity index (χ0v) is 14.7. The Labute approximate surface area is 142 Å². The van der Waals surface area contributed by atoms with E-state index in [9.17, 15) is 4.79 Å². The van der Waals surface area contributed by atoms with E-state index in [0.29, 0.717) is 25.4 Å². The van der Waals surface area contributed by atoms with Crippen molar-refractivity contribution in [2.45, 2.75) is 13.0 Å². The fourth-order valence-electron chi connectivity index (χ4n) is 2.96. The quantitative estimate of drug-likeness (QED) is 0.865. The standard InChI is InChI=1S/C18H24N4O2/c1-13-10-14(20(2)3)11-15(19-13)17-12-22(8-9-24-17)18(23)16-6-5-7-21(16)4/h5-7,10-11,17H,8-9,12H2,1-4H3. The summed E-state index contributed by atoms with van der Waals surface area (Å²) in [6.07, 6.45) is 1.69. The SMILES string of the molecule is Cc1cc(N(C)C)cc(C2CN(C(=O)c3cccn3C)CCO2)n1. The molecule has 0 N–H and O–H groups in total. The molecule has 0 radical (unpaired) electrons. The molecule has 6 nitrogen and oxygen atoms in total. The first-order valence-corrected chi connectivity index (χ1v) is 8.14. The number of ether oxygens (including phenoxy) is 1. The normalized spacial score (nSPS) is 17.8. The number of pyridine rings is 1. The van der Waals surface area contributed by atoms with Gasteiger partial charge in [-0.2, -0.15) is 0 Å². The highest BCUT2D eigenvalue weighted by Crippen LogP contribution is 2.25. The maximum absolute atomic E-state index is 12.7. The molecule has 0 saturated carbocycles. The van der Waals surface area contributed by atoms with Crippen molar-refractivity contribution in [3.8, 4) is 0 Å². The second-order valence-corrected chi connectivity index (χ2v) is 6.40. The van der Waals surface area contributed by atoms with Gasteiger partial charge in [0.05, 0.1) is 18.8 Å². The third-order valence-electron chi connectivity index (χ3n) is 4.32. The van der Waals surface area contributed by atoms with Gasteiger partial charge >= 0.3 is 0 Å². The van der Waals surface area contributed by atoms with Crippen LogP contribution in [0.15, 0.2) is 30.5 Å². The number of morpholine rings is 1. The number of amides is 1. The number of carbonyl (C=O) groups is 1. The molecule has 1 fully saturated rings. The van der Waals surface area contributed by atoms with Crippen LogP contribution in [0, 0.1) is 6.92 Å². The van der Waals surface area contributed by atoms with Crippen molar-refractivity contribution in [1.29, 1.82) is 0 Å². The second kappa shape index (κ2) is 6.65. The van der Waals surface area contributed by atoms with Crippen LogP contribution < -0.4 is 4.90 Å². The summed E-state index contributed by atoms with van der Waals surface area (Å²) in [5.41, 5.74) is 3.61. The van der Waals surface area contributed by atoms with Gasteiger partial charge in [0.1, 0.15) is 11.8 Å².